The number of piperidine rings is 1. The Hall–Kier alpha value is -2.47. The molecule has 1 saturated carbocycles. The first-order valence-electron chi connectivity index (χ1n) is 16.4. The highest BCUT2D eigenvalue weighted by atomic mass is 79.9. The van der Waals surface area contributed by atoms with Crippen LogP contribution in [0.15, 0.2) is 83.3 Å². The van der Waals surface area contributed by atoms with E-state index in [1.165, 1.54) is 54.4 Å². The van der Waals surface area contributed by atoms with Crippen molar-refractivity contribution < 1.29 is 15.0 Å². The van der Waals surface area contributed by atoms with Crippen molar-refractivity contribution in [3.8, 4) is 0 Å². The van der Waals surface area contributed by atoms with Gasteiger partial charge < -0.3 is 15.1 Å². The standard InChI is InChI=1S/C37H44BrN3O/c38-32-16-17-33-31(20-32)24-40(23-27-10-4-1-5-11-27)26-37(33)25-39-22-34(37)36(42)41-19-18-30(28-12-6-2-7-13-28)21-35(41)29-14-8-3-9-15-29/h1-2,4-7,10-13,16-17,20,29-30,34-35,39H,3,8-9,14-15,18-19,21-26H2/p+2/t30-,34+,35+,37-/m1/s1. The van der Waals surface area contributed by atoms with Gasteiger partial charge in [-0.25, -0.2) is 0 Å². The molecule has 3 fully saturated rings. The summed E-state index contributed by atoms with van der Waals surface area (Å²) in [5.41, 5.74) is 5.57. The second kappa shape index (κ2) is 12.3. The Morgan fingerprint density at radius 2 is 1.71 bits per heavy atom. The fourth-order valence-electron chi connectivity index (χ4n) is 9.25. The van der Waals surface area contributed by atoms with E-state index in [-0.39, 0.29) is 11.3 Å². The average Bonchev–Trinajstić information content (AvgIpc) is 3.45. The van der Waals surface area contributed by atoms with Crippen molar-refractivity contribution in [2.75, 3.05) is 26.2 Å². The van der Waals surface area contributed by atoms with Gasteiger partial charge in [-0.05, 0) is 60.8 Å². The van der Waals surface area contributed by atoms with Crippen LogP contribution in [0.4, 0.5) is 0 Å². The quantitative estimate of drug-likeness (QED) is 0.418. The van der Waals surface area contributed by atoms with E-state index in [1.54, 1.807) is 4.90 Å². The van der Waals surface area contributed by atoms with Crippen LogP contribution in [0.25, 0.3) is 0 Å². The molecule has 3 heterocycles. The molecule has 5 atom stereocenters. The highest BCUT2D eigenvalue weighted by Gasteiger charge is 2.58. The van der Waals surface area contributed by atoms with Crippen LogP contribution in [0.2, 0.25) is 0 Å². The minimum absolute atomic E-state index is 0.0304. The van der Waals surface area contributed by atoms with Crippen LogP contribution in [-0.2, 0) is 23.3 Å². The number of carbonyl (C=O) groups is 1. The summed E-state index contributed by atoms with van der Waals surface area (Å²) >= 11 is 3.77. The molecule has 3 aromatic carbocycles. The van der Waals surface area contributed by atoms with Crippen LogP contribution in [0.1, 0.15) is 73.1 Å². The van der Waals surface area contributed by atoms with Crippen molar-refractivity contribution >= 4 is 21.8 Å². The summed E-state index contributed by atoms with van der Waals surface area (Å²) in [5.74, 6) is 1.68. The summed E-state index contributed by atoms with van der Waals surface area (Å²) in [6, 6.07) is 29.3. The number of amides is 1. The third-order valence-electron chi connectivity index (χ3n) is 11.2. The number of nitrogens with two attached hydrogens (primary N) is 1. The second-order valence-electron chi connectivity index (χ2n) is 13.6. The average molecular weight is 629 g/mol. The maximum Gasteiger partial charge on any atom is 0.233 e. The van der Waals surface area contributed by atoms with Crippen molar-refractivity contribution in [1.29, 1.82) is 0 Å². The molecule has 1 spiro atoms. The van der Waals surface area contributed by atoms with Gasteiger partial charge in [0.1, 0.15) is 24.4 Å². The predicted molar refractivity (Wildman–Crippen MR) is 171 cm³/mol. The minimum atomic E-state index is -0.122. The number of fused-ring (bicyclic) bond motifs is 2. The molecule has 4 nitrogen and oxygen atoms in total. The van der Waals surface area contributed by atoms with E-state index in [2.05, 4.69) is 105 Å². The van der Waals surface area contributed by atoms with Gasteiger partial charge in [0.2, 0.25) is 5.91 Å². The van der Waals surface area contributed by atoms with Gasteiger partial charge in [0, 0.05) is 28.2 Å². The highest BCUT2D eigenvalue weighted by Crippen LogP contribution is 2.43. The number of benzene rings is 3. The van der Waals surface area contributed by atoms with E-state index in [9.17, 15) is 4.79 Å². The number of nitrogens with one attached hydrogen (secondary N) is 1. The molecule has 7 rings (SSSR count). The molecule has 1 aliphatic carbocycles. The van der Waals surface area contributed by atoms with E-state index in [4.69, 9.17) is 0 Å². The zero-order valence-electron chi connectivity index (χ0n) is 24.8. The third-order valence-corrected chi connectivity index (χ3v) is 11.7. The van der Waals surface area contributed by atoms with Crippen molar-refractivity contribution in [1.82, 2.24) is 4.90 Å². The molecule has 1 unspecified atom stereocenters. The SMILES string of the molecule is O=C([C@@H]1C[NH2+]C[C@]12C[NH+](Cc1ccccc1)Cc1cc(Br)ccc12)N1CC[C@@H](c2ccccc2)C[C@H]1C1CCCCC1. The number of halogens is 1. The fraction of sp³-hybridized carbons (Fsp3) is 0.486. The van der Waals surface area contributed by atoms with E-state index in [0.717, 1.165) is 56.6 Å². The number of carbonyl (C=O) groups excluding carboxylic acids is 1. The molecule has 220 valence electrons. The van der Waals surface area contributed by atoms with E-state index >= 15 is 0 Å². The predicted octanol–water partition coefficient (Wildman–Crippen LogP) is 4.83. The van der Waals surface area contributed by atoms with Crippen molar-refractivity contribution in [2.45, 2.75) is 75.4 Å². The Labute approximate surface area is 260 Å². The molecule has 3 aliphatic heterocycles. The Balaban J connectivity index is 1.20. The van der Waals surface area contributed by atoms with Gasteiger partial charge in [0.05, 0.1) is 19.6 Å². The number of likely N-dealkylation sites (tertiary alicyclic amines) is 1. The smallest absolute Gasteiger partial charge is 0.233 e. The first-order chi connectivity index (χ1) is 20.6. The monoisotopic (exact) mass is 627 g/mol. The summed E-state index contributed by atoms with van der Waals surface area (Å²) in [6.07, 6.45) is 8.76. The first-order valence-corrected chi connectivity index (χ1v) is 17.2. The van der Waals surface area contributed by atoms with Crippen molar-refractivity contribution in [2.24, 2.45) is 11.8 Å². The maximum absolute atomic E-state index is 15.0. The summed E-state index contributed by atoms with van der Waals surface area (Å²) in [6.45, 7) is 5.86. The highest BCUT2D eigenvalue weighted by molar-refractivity contribution is 9.10. The molecule has 0 radical (unpaired) electrons. The number of rotatable bonds is 5. The lowest BCUT2D eigenvalue weighted by atomic mass is 9.67. The lowest BCUT2D eigenvalue weighted by molar-refractivity contribution is -0.935. The Bertz CT molecular complexity index is 1370. The van der Waals surface area contributed by atoms with Crippen LogP contribution < -0.4 is 10.2 Å². The first kappa shape index (κ1) is 28.3. The summed E-state index contributed by atoms with van der Waals surface area (Å²) in [7, 11) is 0. The minimum Gasteiger partial charge on any atom is -0.345 e. The van der Waals surface area contributed by atoms with Crippen molar-refractivity contribution in [3.05, 3.63) is 106 Å². The van der Waals surface area contributed by atoms with E-state index < -0.39 is 0 Å². The second-order valence-corrected chi connectivity index (χ2v) is 14.5. The van der Waals surface area contributed by atoms with Crippen LogP contribution in [0.3, 0.4) is 0 Å². The van der Waals surface area contributed by atoms with Crippen LogP contribution in [0.5, 0.6) is 0 Å². The molecule has 5 heteroatoms. The van der Waals surface area contributed by atoms with Gasteiger partial charge in [0.25, 0.3) is 0 Å². The fourth-order valence-corrected chi connectivity index (χ4v) is 9.66. The van der Waals surface area contributed by atoms with Gasteiger partial charge in [-0.3, -0.25) is 4.79 Å². The van der Waals surface area contributed by atoms with Crippen LogP contribution in [0, 0.1) is 11.8 Å². The summed E-state index contributed by atoms with van der Waals surface area (Å²) < 4.78 is 1.14. The van der Waals surface area contributed by atoms with Crippen LogP contribution >= 0.6 is 15.9 Å². The van der Waals surface area contributed by atoms with Gasteiger partial charge in [-0.1, -0.05) is 102 Å². The molecular formula is C37H46BrN3O+2. The number of nitrogens with zero attached hydrogens (tertiary/aromatic N) is 1. The number of hydrogen-bond donors (Lipinski definition) is 2. The van der Waals surface area contributed by atoms with Gasteiger partial charge >= 0.3 is 0 Å². The lowest BCUT2D eigenvalue weighted by Gasteiger charge is -2.47. The van der Waals surface area contributed by atoms with E-state index in [1.807, 2.05) is 0 Å². The topological polar surface area (TPSA) is 41.4 Å². The molecule has 42 heavy (non-hydrogen) atoms. The zero-order chi connectivity index (χ0) is 28.5. The maximum atomic E-state index is 15.0. The number of hydrogen-bond acceptors (Lipinski definition) is 1. The molecule has 3 N–H and O–H groups in total. The largest absolute Gasteiger partial charge is 0.345 e. The van der Waals surface area contributed by atoms with Crippen LogP contribution in [-0.4, -0.2) is 43.0 Å². The third kappa shape index (κ3) is 5.49. The molecule has 4 aliphatic rings. The molecule has 3 aromatic rings. The van der Waals surface area contributed by atoms with Gasteiger partial charge in [-0.2, -0.15) is 0 Å². The summed E-state index contributed by atoms with van der Waals surface area (Å²) in [5, 5.41) is 2.45. The zero-order valence-corrected chi connectivity index (χ0v) is 26.4. The molecular weight excluding hydrogens is 582 g/mol. The lowest BCUT2D eigenvalue weighted by Crippen LogP contribution is -3.12. The molecule has 2 saturated heterocycles. The van der Waals surface area contributed by atoms with Gasteiger partial charge in [-0.15, -0.1) is 0 Å². The Kier molecular flexibility index (Phi) is 8.26. The Morgan fingerprint density at radius 3 is 2.50 bits per heavy atom. The normalized spacial score (nSPS) is 29.9. The Morgan fingerprint density at radius 1 is 0.952 bits per heavy atom. The van der Waals surface area contributed by atoms with E-state index in [0.29, 0.717) is 23.8 Å². The number of quaternary nitrogens is 2. The molecule has 1 amide bonds. The molecule has 0 aromatic heterocycles. The molecule has 0 bridgehead atoms. The van der Waals surface area contributed by atoms with Gasteiger partial charge in [0.15, 0.2) is 0 Å². The van der Waals surface area contributed by atoms with Crippen molar-refractivity contribution in [3.63, 3.8) is 0 Å². The summed E-state index contributed by atoms with van der Waals surface area (Å²) in [4.78, 5) is 19.0.